The molecule has 1 amide bonds. The summed E-state index contributed by atoms with van der Waals surface area (Å²) in [7, 11) is 0. The average molecular weight is 399 g/mol. The van der Waals surface area contributed by atoms with E-state index >= 15 is 0 Å². The molecule has 0 atom stereocenters. The Balaban J connectivity index is 2.06. The molecule has 0 spiro atoms. The fourth-order valence-corrected chi connectivity index (χ4v) is 3.03. The second-order valence-corrected chi connectivity index (χ2v) is 7.91. The van der Waals surface area contributed by atoms with E-state index in [1.165, 1.54) is 0 Å². The van der Waals surface area contributed by atoms with Crippen molar-refractivity contribution in [1.29, 1.82) is 0 Å². The number of halogens is 1. The number of anilines is 1. The highest BCUT2D eigenvalue weighted by Gasteiger charge is 2.43. The first-order valence-electron chi connectivity index (χ1n) is 7.86. The number of aliphatic carboxylic acids is 1. The number of amides is 1. The van der Waals surface area contributed by atoms with Crippen LogP contribution < -0.4 is 5.32 Å². The number of carbonyl (C=O) groups is 2. The third-order valence-electron chi connectivity index (χ3n) is 3.89. The summed E-state index contributed by atoms with van der Waals surface area (Å²) < 4.78 is 6.23. The van der Waals surface area contributed by atoms with E-state index in [-0.39, 0.29) is 0 Å². The van der Waals surface area contributed by atoms with Crippen LogP contribution in [-0.2, 0) is 9.53 Å². The molecule has 0 saturated carbocycles. The zero-order valence-electron chi connectivity index (χ0n) is 14.1. The van der Waals surface area contributed by atoms with Crippen LogP contribution in [0.2, 0.25) is 0 Å². The fourth-order valence-electron chi connectivity index (χ4n) is 2.63. The van der Waals surface area contributed by atoms with Crippen molar-refractivity contribution in [3.05, 3.63) is 28.7 Å². The van der Waals surface area contributed by atoms with Crippen LogP contribution in [0.1, 0.15) is 33.6 Å². The molecule has 0 aliphatic carbocycles. The number of nitrogens with one attached hydrogen (secondary N) is 1. The number of hydrogen-bond acceptors (Lipinski definition) is 4. The monoisotopic (exact) mass is 398 g/mol. The first-order valence-corrected chi connectivity index (χ1v) is 8.66. The van der Waals surface area contributed by atoms with Crippen molar-refractivity contribution in [2.45, 2.75) is 44.8 Å². The maximum Gasteiger partial charge on any atom is 0.410 e. The third-order valence-corrected chi connectivity index (χ3v) is 4.38. The summed E-state index contributed by atoms with van der Waals surface area (Å²) in [6.45, 7) is 6.10. The van der Waals surface area contributed by atoms with Gasteiger partial charge < -0.3 is 20.1 Å². The van der Waals surface area contributed by atoms with Crippen molar-refractivity contribution in [1.82, 2.24) is 4.90 Å². The highest BCUT2D eigenvalue weighted by Crippen LogP contribution is 2.29. The second kappa shape index (κ2) is 7.01. The molecule has 0 aromatic heterocycles. The van der Waals surface area contributed by atoms with E-state index in [4.69, 9.17) is 4.74 Å². The van der Waals surface area contributed by atoms with E-state index in [1.54, 1.807) is 4.90 Å². The molecule has 0 radical (unpaired) electrons. The van der Waals surface area contributed by atoms with Gasteiger partial charge in [0.05, 0.1) is 0 Å². The highest BCUT2D eigenvalue weighted by atomic mass is 79.9. The normalized spacial score (nSPS) is 17.2. The number of carbonyl (C=O) groups excluding carboxylic acids is 1. The van der Waals surface area contributed by atoms with Gasteiger partial charge in [0.15, 0.2) is 0 Å². The third kappa shape index (κ3) is 4.63. The number of likely N-dealkylation sites (tertiary alicyclic amines) is 1. The zero-order valence-corrected chi connectivity index (χ0v) is 15.7. The van der Waals surface area contributed by atoms with E-state index in [9.17, 15) is 14.7 Å². The number of nitrogens with zero attached hydrogens (tertiary/aromatic N) is 1. The summed E-state index contributed by atoms with van der Waals surface area (Å²) in [5.41, 5.74) is -0.913. The van der Waals surface area contributed by atoms with Gasteiger partial charge in [-0.2, -0.15) is 0 Å². The molecular formula is C17H23BrN2O4. The minimum Gasteiger partial charge on any atom is -0.480 e. The van der Waals surface area contributed by atoms with Gasteiger partial charge in [-0.05, 0) is 51.8 Å². The number of carboxylic acids is 1. The van der Waals surface area contributed by atoms with Crippen molar-refractivity contribution in [3.63, 3.8) is 0 Å². The maximum atomic E-state index is 12.1. The van der Waals surface area contributed by atoms with Crippen molar-refractivity contribution < 1.29 is 19.4 Å². The Morgan fingerprint density at radius 3 is 2.42 bits per heavy atom. The van der Waals surface area contributed by atoms with Crippen molar-refractivity contribution >= 4 is 33.7 Å². The average Bonchev–Trinajstić information content (AvgIpc) is 2.46. The molecule has 1 aromatic rings. The summed E-state index contributed by atoms with van der Waals surface area (Å²) in [4.78, 5) is 25.6. The van der Waals surface area contributed by atoms with Gasteiger partial charge in [-0.25, -0.2) is 9.59 Å². The maximum absolute atomic E-state index is 12.1. The molecule has 2 rings (SSSR count). The van der Waals surface area contributed by atoms with Crippen LogP contribution in [0.15, 0.2) is 28.7 Å². The van der Waals surface area contributed by atoms with Crippen LogP contribution in [0.5, 0.6) is 0 Å². The predicted octanol–water partition coefficient (Wildman–Crippen LogP) is 3.72. The van der Waals surface area contributed by atoms with Crippen LogP contribution in [0.3, 0.4) is 0 Å². The van der Waals surface area contributed by atoms with Gasteiger partial charge in [0.1, 0.15) is 11.1 Å². The Morgan fingerprint density at radius 1 is 1.29 bits per heavy atom. The van der Waals surface area contributed by atoms with Gasteiger partial charge in [0, 0.05) is 23.2 Å². The van der Waals surface area contributed by atoms with E-state index in [0.29, 0.717) is 25.9 Å². The van der Waals surface area contributed by atoms with E-state index in [1.807, 2.05) is 45.0 Å². The molecule has 132 valence electrons. The Kier molecular flexibility index (Phi) is 5.42. The minimum atomic E-state index is -1.08. The smallest absolute Gasteiger partial charge is 0.410 e. The lowest BCUT2D eigenvalue weighted by Crippen LogP contribution is -2.55. The molecule has 1 fully saturated rings. The number of rotatable bonds is 3. The van der Waals surface area contributed by atoms with Crippen molar-refractivity contribution in [2.24, 2.45) is 0 Å². The molecule has 24 heavy (non-hydrogen) atoms. The molecule has 2 N–H and O–H groups in total. The van der Waals surface area contributed by atoms with Crippen molar-refractivity contribution in [2.75, 3.05) is 18.4 Å². The molecule has 7 heteroatoms. The lowest BCUT2D eigenvalue weighted by Gasteiger charge is -2.40. The Morgan fingerprint density at radius 2 is 1.92 bits per heavy atom. The fraction of sp³-hybridized carbons (Fsp3) is 0.529. The quantitative estimate of drug-likeness (QED) is 0.810. The summed E-state index contributed by atoms with van der Waals surface area (Å²) in [5, 5.41) is 12.9. The number of piperidine rings is 1. The summed E-state index contributed by atoms with van der Waals surface area (Å²) in [6, 6.07) is 7.39. The number of carboxylic acid groups (broad SMARTS) is 1. The Bertz CT molecular complexity index is 619. The van der Waals surface area contributed by atoms with Crippen molar-refractivity contribution in [3.8, 4) is 0 Å². The van der Waals surface area contributed by atoms with Gasteiger partial charge in [-0.3, -0.25) is 0 Å². The van der Waals surface area contributed by atoms with Gasteiger partial charge in [-0.15, -0.1) is 0 Å². The number of ether oxygens (including phenoxy) is 1. The van der Waals surface area contributed by atoms with Gasteiger partial charge >= 0.3 is 12.1 Å². The SMILES string of the molecule is CC(C)(C)OC(=O)N1CCC(Nc2cccc(Br)c2)(C(=O)O)CC1. The molecule has 1 saturated heterocycles. The Labute approximate surface area is 150 Å². The zero-order chi connectivity index (χ0) is 18.0. The number of hydrogen-bond donors (Lipinski definition) is 2. The van der Waals surface area contributed by atoms with Crippen LogP contribution in [0, 0.1) is 0 Å². The molecule has 1 heterocycles. The highest BCUT2D eigenvalue weighted by molar-refractivity contribution is 9.10. The largest absolute Gasteiger partial charge is 0.480 e. The molecule has 6 nitrogen and oxygen atoms in total. The minimum absolute atomic E-state index is 0.314. The summed E-state index contributed by atoms with van der Waals surface area (Å²) >= 11 is 3.38. The van der Waals surface area contributed by atoms with Crippen LogP contribution >= 0.6 is 15.9 Å². The van der Waals surface area contributed by atoms with E-state index in [0.717, 1.165) is 10.2 Å². The molecule has 1 aliphatic rings. The molecule has 1 aliphatic heterocycles. The lowest BCUT2D eigenvalue weighted by atomic mass is 9.87. The van der Waals surface area contributed by atoms with Gasteiger partial charge in [0.2, 0.25) is 0 Å². The van der Waals surface area contributed by atoms with Gasteiger partial charge in [0.25, 0.3) is 0 Å². The molecular weight excluding hydrogens is 376 g/mol. The molecule has 0 bridgehead atoms. The van der Waals surface area contributed by atoms with E-state index in [2.05, 4.69) is 21.2 Å². The summed E-state index contributed by atoms with van der Waals surface area (Å²) in [6.07, 6.45) is 0.228. The van der Waals surface area contributed by atoms with E-state index < -0.39 is 23.2 Å². The Hall–Kier alpha value is -1.76. The summed E-state index contributed by atoms with van der Waals surface area (Å²) in [5.74, 6) is -0.911. The lowest BCUT2D eigenvalue weighted by molar-refractivity contribution is -0.144. The number of benzene rings is 1. The standard InChI is InChI=1S/C17H23BrN2O4/c1-16(2,3)24-15(23)20-9-7-17(8-10-20,14(21)22)19-13-6-4-5-12(18)11-13/h4-6,11,19H,7-10H2,1-3H3,(H,21,22). The molecule has 0 unspecified atom stereocenters. The second-order valence-electron chi connectivity index (χ2n) is 6.99. The first-order chi connectivity index (χ1) is 11.1. The van der Waals surface area contributed by atoms with Crippen LogP contribution in [-0.4, -0.2) is 46.3 Å². The van der Waals surface area contributed by atoms with Gasteiger partial charge in [-0.1, -0.05) is 22.0 Å². The topological polar surface area (TPSA) is 78.9 Å². The predicted molar refractivity (Wildman–Crippen MR) is 95.2 cm³/mol. The first kappa shape index (κ1) is 18.6. The van der Waals surface area contributed by atoms with Crippen LogP contribution in [0.25, 0.3) is 0 Å². The van der Waals surface area contributed by atoms with Crippen LogP contribution in [0.4, 0.5) is 10.5 Å². The molecule has 1 aromatic carbocycles.